The van der Waals surface area contributed by atoms with Gasteiger partial charge in [-0.25, -0.2) is 0 Å². The van der Waals surface area contributed by atoms with Crippen LogP contribution in [0.5, 0.6) is 0 Å². The second-order valence-electron chi connectivity index (χ2n) is 2.86. The zero-order valence-corrected chi connectivity index (χ0v) is 7.71. The highest BCUT2D eigenvalue weighted by molar-refractivity contribution is 7.16. The molecule has 0 aliphatic heterocycles. The number of aryl methyl sites for hydroxylation is 3. The lowest BCUT2D eigenvalue weighted by Gasteiger charge is -1.86. The van der Waals surface area contributed by atoms with Crippen LogP contribution in [0, 0.1) is 20.8 Å². The third-order valence-corrected chi connectivity index (χ3v) is 3.06. The lowest BCUT2D eigenvalue weighted by Crippen LogP contribution is -1.71. The van der Waals surface area contributed by atoms with Gasteiger partial charge in [0.25, 0.3) is 0 Å². The standard InChI is InChI=1S/C9H10OS/c1-5-4-11-9-8(5)6(2)7(3)10-9/h4H,1-3H3. The lowest BCUT2D eigenvalue weighted by molar-refractivity contribution is 0.582. The van der Waals surface area contributed by atoms with Crippen LogP contribution in [0.4, 0.5) is 0 Å². The highest BCUT2D eigenvalue weighted by Gasteiger charge is 2.09. The van der Waals surface area contributed by atoms with Gasteiger partial charge in [0.05, 0.1) is 0 Å². The smallest absolute Gasteiger partial charge is 0.188 e. The van der Waals surface area contributed by atoms with Gasteiger partial charge in [-0.1, -0.05) is 0 Å². The van der Waals surface area contributed by atoms with Crippen molar-refractivity contribution >= 4 is 21.6 Å². The number of thiophene rings is 1. The summed E-state index contributed by atoms with van der Waals surface area (Å²) in [5.74, 6) is 1.05. The van der Waals surface area contributed by atoms with Gasteiger partial charge in [0.15, 0.2) is 4.90 Å². The lowest BCUT2D eigenvalue weighted by atomic mass is 10.1. The summed E-state index contributed by atoms with van der Waals surface area (Å²) >= 11 is 1.68. The summed E-state index contributed by atoms with van der Waals surface area (Å²) in [6, 6.07) is 0. The summed E-state index contributed by atoms with van der Waals surface area (Å²) in [4.78, 5) is 1.07. The maximum atomic E-state index is 5.54. The summed E-state index contributed by atoms with van der Waals surface area (Å²) in [6.07, 6.45) is 0. The van der Waals surface area contributed by atoms with E-state index in [9.17, 15) is 0 Å². The Kier molecular flexibility index (Phi) is 1.33. The Morgan fingerprint density at radius 1 is 1.27 bits per heavy atom. The van der Waals surface area contributed by atoms with E-state index in [1.54, 1.807) is 11.3 Å². The van der Waals surface area contributed by atoms with Crippen molar-refractivity contribution in [2.75, 3.05) is 0 Å². The van der Waals surface area contributed by atoms with Crippen LogP contribution in [0.25, 0.3) is 10.3 Å². The predicted molar refractivity (Wildman–Crippen MR) is 48.3 cm³/mol. The molecule has 0 spiro atoms. The third kappa shape index (κ3) is 0.824. The Morgan fingerprint density at radius 2 is 2.00 bits per heavy atom. The number of hydrogen-bond acceptors (Lipinski definition) is 2. The Labute approximate surface area is 69.6 Å². The molecule has 0 saturated heterocycles. The molecule has 2 aromatic heterocycles. The van der Waals surface area contributed by atoms with Gasteiger partial charge in [-0.15, -0.1) is 11.3 Å². The quantitative estimate of drug-likeness (QED) is 0.584. The molecule has 0 fully saturated rings. The second kappa shape index (κ2) is 2.11. The average molecular weight is 166 g/mol. The van der Waals surface area contributed by atoms with Crippen molar-refractivity contribution in [3.05, 3.63) is 22.3 Å². The first-order valence-electron chi connectivity index (χ1n) is 3.64. The molecule has 1 nitrogen and oxygen atoms in total. The van der Waals surface area contributed by atoms with E-state index in [4.69, 9.17) is 4.42 Å². The van der Waals surface area contributed by atoms with Gasteiger partial charge in [0.2, 0.25) is 0 Å². The second-order valence-corrected chi connectivity index (χ2v) is 3.71. The van der Waals surface area contributed by atoms with Gasteiger partial charge in [-0.3, -0.25) is 0 Å². The first kappa shape index (κ1) is 6.92. The van der Waals surface area contributed by atoms with Crippen molar-refractivity contribution in [2.24, 2.45) is 0 Å². The van der Waals surface area contributed by atoms with Crippen LogP contribution in [-0.2, 0) is 0 Å². The molecule has 58 valence electrons. The predicted octanol–water partition coefficient (Wildman–Crippen LogP) is 3.42. The summed E-state index contributed by atoms with van der Waals surface area (Å²) in [7, 11) is 0. The van der Waals surface area contributed by atoms with Crippen LogP contribution < -0.4 is 0 Å². The topological polar surface area (TPSA) is 13.1 Å². The minimum atomic E-state index is 1.05. The van der Waals surface area contributed by atoms with Crippen LogP contribution in [0.3, 0.4) is 0 Å². The molecule has 2 heteroatoms. The number of fused-ring (bicyclic) bond motifs is 1. The molecule has 0 aliphatic rings. The molecule has 0 unspecified atom stereocenters. The van der Waals surface area contributed by atoms with Gasteiger partial charge < -0.3 is 4.42 Å². The van der Waals surface area contributed by atoms with E-state index in [2.05, 4.69) is 19.2 Å². The monoisotopic (exact) mass is 166 g/mol. The minimum Gasteiger partial charge on any atom is -0.450 e. The molecular formula is C9H10OS. The molecule has 2 aromatic rings. The first-order chi connectivity index (χ1) is 5.20. The highest BCUT2D eigenvalue weighted by Crippen LogP contribution is 2.32. The first-order valence-corrected chi connectivity index (χ1v) is 4.52. The molecule has 0 saturated carbocycles. The van der Waals surface area contributed by atoms with Crippen LogP contribution in [0.1, 0.15) is 16.9 Å². The summed E-state index contributed by atoms with van der Waals surface area (Å²) in [5, 5.41) is 3.45. The molecule has 0 N–H and O–H groups in total. The molecule has 2 rings (SSSR count). The van der Waals surface area contributed by atoms with E-state index in [1.807, 2.05) is 6.92 Å². The van der Waals surface area contributed by atoms with E-state index in [1.165, 1.54) is 16.5 Å². The van der Waals surface area contributed by atoms with Crippen molar-refractivity contribution < 1.29 is 4.42 Å². The van der Waals surface area contributed by atoms with Crippen LogP contribution in [-0.4, -0.2) is 0 Å². The molecule has 0 aliphatic carbocycles. The van der Waals surface area contributed by atoms with E-state index in [-0.39, 0.29) is 0 Å². The minimum absolute atomic E-state index is 1.05. The Bertz CT molecular complexity index is 395. The molecule has 11 heavy (non-hydrogen) atoms. The van der Waals surface area contributed by atoms with Crippen molar-refractivity contribution in [3.8, 4) is 0 Å². The van der Waals surface area contributed by atoms with E-state index in [0.29, 0.717) is 0 Å². The van der Waals surface area contributed by atoms with Gasteiger partial charge in [-0.2, -0.15) is 0 Å². The fourth-order valence-corrected chi connectivity index (χ4v) is 2.34. The van der Waals surface area contributed by atoms with E-state index < -0.39 is 0 Å². The number of hydrogen-bond donors (Lipinski definition) is 0. The summed E-state index contributed by atoms with van der Waals surface area (Å²) in [6.45, 7) is 6.25. The zero-order chi connectivity index (χ0) is 8.01. The Hall–Kier alpha value is -0.760. The molecule has 2 heterocycles. The van der Waals surface area contributed by atoms with Crippen molar-refractivity contribution in [2.45, 2.75) is 20.8 Å². The van der Waals surface area contributed by atoms with Gasteiger partial charge >= 0.3 is 0 Å². The third-order valence-electron chi connectivity index (χ3n) is 2.09. The van der Waals surface area contributed by atoms with Gasteiger partial charge in [0.1, 0.15) is 5.76 Å². The van der Waals surface area contributed by atoms with Gasteiger partial charge in [0, 0.05) is 5.39 Å². The highest BCUT2D eigenvalue weighted by atomic mass is 32.1. The maximum Gasteiger partial charge on any atom is 0.188 e. The molecule has 0 amide bonds. The molecule has 0 bridgehead atoms. The Balaban J connectivity index is 2.95. The summed E-state index contributed by atoms with van der Waals surface area (Å²) in [5.41, 5.74) is 2.62. The number of rotatable bonds is 0. The summed E-state index contributed by atoms with van der Waals surface area (Å²) < 4.78 is 5.54. The van der Waals surface area contributed by atoms with Crippen LogP contribution in [0.15, 0.2) is 9.80 Å². The fourth-order valence-electron chi connectivity index (χ4n) is 1.34. The van der Waals surface area contributed by atoms with Crippen LogP contribution in [0.2, 0.25) is 0 Å². The largest absolute Gasteiger partial charge is 0.450 e. The van der Waals surface area contributed by atoms with Crippen molar-refractivity contribution in [3.63, 3.8) is 0 Å². The average Bonchev–Trinajstić information content (AvgIpc) is 2.41. The van der Waals surface area contributed by atoms with E-state index in [0.717, 1.165) is 10.7 Å². The van der Waals surface area contributed by atoms with E-state index >= 15 is 0 Å². The molecule has 0 radical (unpaired) electrons. The van der Waals surface area contributed by atoms with Crippen molar-refractivity contribution in [1.29, 1.82) is 0 Å². The van der Waals surface area contributed by atoms with Gasteiger partial charge in [-0.05, 0) is 37.3 Å². The molecule has 0 aromatic carbocycles. The van der Waals surface area contributed by atoms with Crippen LogP contribution >= 0.6 is 11.3 Å². The SMILES string of the molecule is Cc1oc2scc(C)c2c1C. The normalized spacial score (nSPS) is 11.2. The maximum absolute atomic E-state index is 5.54. The number of furan rings is 1. The Morgan fingerprint density at radius 3 is 2.64 bits per heavy atom. The molecular weight excluding hydrogens is 156 g/mol. The zero-order valence-electron chi connectivity index (χ0n) is 6.89. The van der Waals surface area contributed by atoms with Crippen molar-refractivity contribution in [1.82, 2.24) is 0 Å². The fraction of sp³-hybridized carbons (Fsp3) is 0.333. The molecule has 0 atom stereocenters.